The van der Waals surface area contributed by atoms with E-state index in [1.807, 2.05) is 95.6 Å². The Morgan fingerprint density at radius 2 is 1.58 bits per heavy atom. The molecule has 0 aliphatic heterocycles. The standard InChI is InChI=1S/C30H24N4O2/c1-36-22-16-17-26-23(18-22)28(20-10-4-2-5-11-20)29(21-12-6-3-7-13-21)34(26)27(35)19-31-30-32-24-14-8-9-15-25(24)33-30/h2-18H,19H2,1H3,(H2,31,32,33). The number of aromatic amines is 1. The van der Waals surface area contributed by atoms with Gasteiger partial charge in [0.2, 0.25) is 5.95 Å². The van der Waals surface area contributed by atoms with Crippen molar-refractivity contribution in [3.8, 4) is 28.1 Å². The van der Waals surface area contributed by atoms with Gasteiger partial charge in [0.15, 0.2) is 0 Å². The maximum absolute atomic E-state index is 13.9. The van der Waals surface area contributed by atoms with Crippen molar-refractivity contribution in [2.75, 3.05) is 19.0 Å². The topological polar surface area (TPSA) is 71.9 Å². The average molecular weight is 473 g/mol. The van der Waals surface area contributed by atoms with Crippen LogP contribution in [-0.2, 0) is 0 Å². The van der Waals surface area contributed by atoms with Crippen LogP contribution in [0, 0.1) is 0 Å². The molecule has 176 valence electrons. The molecule has 0 aliphatic carbocycles. The van der Waals surface area contributed by atoms with Crippen LogP contribution in [-0.4, -0.2) is 34.1 Å². The van der Waals surface area contributed by atoms with Crippen molar-refractivity contribution in [3.63, 3.8) is 0 Å². The molecular formula is C30H24N4O2. The lowest BCUT2D eigenvalue weighted by Crippen LogP contribution is -2.22. The predicted molar refractivity (Wildman–Crippen MR) is 145 cm³/mol. The van der Waals surface area contributed by atoms with Crippen LogP contribution in [0.1, 0.15) is 4.79 Å². The van der Waals surface area contributed by atoms with Gasteiger partial charge in [-0.3, -0.25) is 9.36 Å². The molecule has 0 aliphatic rings. The number of benzene rings is 4. The van der Waals surface area contributed by atoms with Crippen molar-refractivity contribution in [1.82, 2.24) is 14.5 Å². The second kappa shape index (κ2) is 9.07. The summed E-state index contributed by atoms with van der Waals surface area (Å²) in [6.07, 6.45) is 0. The Kier molecular flexibility index (Phi) is 5.46. The van der Waals surface area contributed by atoms with Crippen molar-refractivity contribution < 1.29 is 9.53 Å². The number of aromatic nitrogens is 3. The van der Waals surface area contributed by atoms with E-state index in [-0.39, 0.29) is 12.5 Å². The number of H-pyrrole nitrogens is 1. The minimum atomic E-state index is -0.0911. The minimum absolute atomic E-state index is 0.0731. The highest BCUT2D eigenvalue weighted by Gasteiger charge is 2.24. The fraction of sp³-hybridized carbons (Fsp3) is 0.0667. The number of anilines is 1. The van der Waals surface area contributed by atoms with E-state index in [9.17, 15) is 4.79 Å². The van der Waals surface area contributed by atoms with E-state index in [0.717, 1.165) is 50.1 Å². The van der Waals surface area contributed by atoms with Gasteiger partial charge in [0.25, 0.3) is 5.91 Å². The van der Waals surface area contributed by atoms with Gasteiger partial charge < -0.3 is 15.0 Å². The third kappa shape index (κ3) is 3.79. The third-order valence-corrected chi connectivity index (χ3v) is 6.33. The lowest BCUT2D eigenvalue weighted by atomic mass is 9.98. The number of fused-ring (bicyclic) bond motifs is 2. The number of imidazole rings is 1. The van der Waals surface area contributed by atoms with E-state index >= 15 is 0 Å². The van der Waals surface area contributed by atoms with Crippen LogP contribution in [0.15, 0.2) is 103 Å². The number of para-hydroxylation sites is 2. The zero-order valence-electron chi connectivity index (χ0n) is 19.7. The van der Waals surface area contributed by atoms with Crippen LogP contribution in [0.25, 0.3) is 44.3 Å². The Labute approximate surface area is 208 Å². The summed E-state index contributed by atoms with van der Waals surface area (Å²) in [5, 5.41) is 4.14. The van der Waals surface area contributed by atoms with Crippen molar-refractivity contribution in [2.45, 2.75) is 0 Å². The van der Waals surface area contributed by atoms with Gasteiger partial charge in [0, 0.05) is 10.9 Å². The number of rotatable bonds is 6. The van der Waals surface area contributed by atoms with E-state index < -0.39 is 0 Å². The zero-order valence-corrected chi connectivity index (χ0v) is 19.7. The van der Waals surface area contributed by atoms with E-state index in [4.69, 9.17) is 4.74 Å². The molecule has 6 nitrogen and oxygen atoms in total. The first kappa shape index (κ1) is 21.7. The number of nitrogens with zero attached hydrogens (tertiary/aromatic N) is 2. The molecule has 0 saturated carbocycles. The van der Waals surface area contributed by atoms with Crippen LogP contribution in [0.3, 0.4) is 0 Å². The fourth-order valence-electron chi connectivity index (χ4n) is 4.70. The normalized spacial score (nSPS) is 11.1. The molecule has 0 spiro atoms. The highest BCUT2D eigenvalue weighted by molar-refractivity contribution is 6.10. The third-order valence-electron chi connectivity index (χ3n) is 6.33. The summed E-state index contributed by atoms with van der Waals surface area (Å²) in [5.74, 6) is 1.21. The van der Waals surface area contributed by atoms with Gasteiger partial charge in [0.1, 0.15) is 5.75 Å². The van der Waals surface area contributed by atoms with Crippen LogP contribution in [0.2, 0.25) is 0 Å². The lowest BCUT2D eigenvalue weighted by molar-refractivity contribution is 0.0935. The second-order valence-electron chi connectivity index (χ2n) is 8.52. The van der Waals surface area contributed by atoms with Gasteiger partial charge in [-0.1, -0.05) is 72.8 Å². The number of ether oxygens (including phenoxy) is 1. The van der Waals surface area contributed by atoms with Crippen LogP contribution < -0.4 is 10.1 Å². The van der Waals surface area contributed by atoms with Gasteiger partial charge in [-0.25, -0.2) is 4.98 Å². The van der Waals surface area contributed by atoms with E-state index in [1.165, 1.54) is 0 Å². The lowest BCUT2D eigenvalue weighted by Gasteiger charge is -2.12. The SMILES string of the molecule is COc1ccc2c(c1)c(-c1ccccc1)c(-c1ccccc1)n2C(=O)CNc1nc2ccccc2[nH]1. The first-order valence-electron chi connectivity index (χ1n) is 11.8. The van der Waals surface area contributed by atoms with Crippen molar-refractivity contribution >= 4 is 33.8 Å². The van der Waals surface area contributed by atoms with Crippen LogP contribution >= 0.6 is 0 Å². The number of carbonyl (C=O) groups is 1. The fourth-order valence-corrected chi connectivity index (χ4v) is 4.70. The number of carbonyl (C=O) groups excluding carboxylic acids is 1. The van der Waals surface area contributed by atoms with Crippen LogP contribution in [0.5, 0.6) is 5.75 Å². The molecule has 4 aromatic carbocycles. The zero-order chi connectivity index (χ0) is 24.5. The Morgan fingerprint density at radius 3 is 2.31 bits per heavy atom. The predicted octanol–water partition coefficient (Wildman–Crippen LogP) is 6.61. The van der Waals surface area contributed by atoms with Crippen LogP contribution in [0.4, 0.5) is 5.95 Å². The van der Waals surface area contributed by atoms with Gasteiger partial charge in [-0.15, -0.1) is 0 Å². The summed E-state index contributed by atoms with van der Waals surface area (Å²) in [6, 6.07) is 33.8. The number of methoxy groups -OCH3 is 1. The molecule has 0 saturated heterocycles. The molecule has 0 unspecified atom stereocenters. The van der Waals surface area contributed by atoms with E-state index in [2.05, 4.69) is 27.4 Å². The maximum atomic E-state index is 13.9. The second-order valence-corrected chi connectivity index (χ2v) is 8.52. The highest BCUT2D eigenvalue weighted by Crippen LogP contribution is 2.42. The molecule has 6 heteroatoms. The Morgan fingerprint density at radius 1 is 0.889 bits per heavy atom. The number of hydrogen-bond acceptors (Lipinski definition) is 4. The Hall–Kier alpha value is -4.84. The summed E-state index contributed by atoms with van der Waals surface area (Å²) in [5.41, 5.74) is 6.43. The number of hydrogen-bond donors (Lipinski definition) is 2. The van der Waals surface area contributed by atoms with E-state index in [1.54, 1.807) is 7.11 Å². The van der Waals surface area contributed by atoms with E-state index in [0.29, 0.717) is 5.95 Å². The van der Waals surface area contributed by atoms with Crippen molar-refractivity contribution in [1.29, 1.82) is 0 Å². The monoisotopic (exact) mass is 472 g/mol. The molecule has 2 aromatic heterocycles. The molecule has 2 heterocycles. The molecule has 0 fully saturated rings. The molecule has 0 amide bonds. The molecule has 6 aromatic rings. The maximum Gasteiger partial charge on any atom is 0.250 e. The quantitative estimate of drug-likeness (QED) is 0.286. The molecule has 0 atom stereocenters. The Balaban J connectivity index is 1.51. The largest absolute Gasteiger partial charge is 0.497 e. The first-order valence-corrected chi connectivity index (χ1v) is 11.8. The summed E-state index contributed by atoms with van der Waals surface area (Å²) in [6.45, 7) is 0.0731. The first-order chi connectivity index (χ1) is 17.7. The van der Waals surface area contributed by atoms with Crippen molar-refractivity contribution in [2.24, 2.45) is 0 Å². The minimum Gasteiger partial charge on any atom is -0.497 e. The summed E-state index contributed by atoms with van der Waals surface area (Å²) in [7, 11) is 1.65. The van der Waals surface area contributed by atoms with Gasteiger partial charge in [-0.2, -0.15) is 0 Å². The molecular weight excluding hydrogens is 448 g/mol. The van der Waals surface area contributed by atoms with Gasteiger partial charge in [-0.05, 0) is 41.5 Å². The summed E-state index contributed by atoms with van der Waals surface area (Å²) >= 11 is 0. The molecule has 6 rings (SSSR count). The van der Waals surface area contributed by atoms with Gasteiger partial charge in [0.05, 0.1) is 35.9 Å². The van der Waals surface area contributed by atoms with Gasteiger partial charge >= 0.3 is 0 Å². The smallest absolute Gasteiger partial charge is 0.250 e. The summed E-state index contributed by atoms with van der Waals surface area (Å²) in [4.78, 5) is 21.7. The molecule has 2 N–H and O–H groups in total. The average Bonchev–Trinajstić information content (AvgIpc) is 3.51. The highest BCUT2D eigenvalue weighted by atomic mass is 16.5. The summed E-state index contributed by atoms with van der Waals surface area (Å²) < 4.78 is 7.35. The Bertz CT molecular complexity index is 1650. The molecule has 0 radical (unpaired) electrons. The molecule has 0 bridgehead atoms. The molecule has 36 heavy (non-hydrogen) atoms. The number of nitrogens with one attached hydrogen (secondary N) is 2. The van der Waals surface area contributed by atoms with Crippen molar-refractivity contribution in [3.05, 3.63) is 103 Å².